The largest absolute Gasteiger partial charge is 0.464 e. The maximum absolute atomic E-state index is 13.2. The Morgan fingerprint density at radius 2 is 2.00 bits per heavy atom. The van der Waals surface area contributed by atoms with Crippen LogP contribution >= 0.6 is 11.6 Å². The topological polar surface area (TPSA) is 38.3 Å². The van der Waals surface area contributed by atoms with Crippen molar-refractivity contribution in [2.24, 2.45) is 0 Å². The Morgan fingerprint density at radius 1 is 1.29 bits per heavy atom. The lowest BCUT2D eigenvalue weighted by molar-refractivity contribution is -0.144. The molecule has 110 valence electrons. The first-order valence-electron chi connectivity index (χ1n) is 6.55. The maximum atomic E-state index is 13.2. The number of halogens is 2. The molecule has 0 spiro atoms. The molecule has 1 unspecified atom stereocenters. The summed E-state index contributed by atoms with van der Waals surface area (Å²) in [7, 11) is 0. The Hall–Kier alpha value is -2.07. The van der Waals surface area contributed by atoms with Gasteiger partial charge in [-0.1, -0.05) is 41.9 Å². The molecular weight excluding hydrogens is 293 g/mol. The van der Waals surface area contributed by atoms with Crippen LogP contribution in [-0.2, 0) is 9.53 Å². The molecule has 0 radical (unpaired) electrons. The number of nitrogens with one attached hydrogen (secondary N) is 1. The maximum Gasteiger partial charge on any atom is 0.333 e. The van der Waals surface area contributed by atoms with E-state index in [1.807, 2.05) is 30.3 Å². The van der Waals surface area contributed by atoms with Crippen molar-refractivity contribution in [1.82, 2.24) is 0 Å². The van der Waals surface area contributed by atoms with E-state index in [4.69, 9.17) is 16.3 Å². The van der Waals surface area contributed by atoms with Crippen molar-refractivity contribution in [2.45, 2.75) is 13.0 Å². The monoisotopic (exact) mass is 307 g/mol. The first-order valence-corrected chi connectivity index (χ1v) is 6.92. The van der Waals surface area contributed by atoms with Gasteiger partial charge in [0.25, 0.3) is 0 Å². The van der Waals surface area contributed by atoms with E-state index in [9.17, 15) is 9.18 Å². The number of hydrogen-bond donors (Lipinski definition) is 1. The second-order valence-electron chi connectivity index (χ2n) is 4.37. The van der Waals surface area contributed by atoms with E-state index in [2.05, 4.69) is 5.32 Å². The van der Waals surface area contributed by atoms with E-state index in [1.165, 1.54) is 18.2 Å². The first kappa shape index (κ1) is 15.3. The Morgan fingerprint density at radius 3 is 2.62 bits per heavy atom. The molecule has 0 bridgehead atoms. The predicted molar refractivity (Wildman–Crippen MR) is 80.8 cm³/mol. The molecule has 2 aromatic carbocycles. The lowest BCUT2D eigenvalue weighted by Gasteiger charge is -2.19. The quantitative estimate of drug-likeness (QED) is 0.842. The molecule has 0 aromatic heterocycles. The molecule has 0 saturated heterocycles. The van der Waals surface area contributed by atoms with Crippen LogP contribution in [-0.4, -0.2) is 12.6 Å². The number of anilines is 1. The van der Waals surface area contributed by atoms with Crippen molar-refractivity contribution in [2.75, 3.05) is 11.9 Å². The minimum atomic E-state index is -0.673. The molecule has 1 N–H and O–H groups in total. The number of esters is 1. The van der Waals surface area contributed by atoms with Gasteiger partial charge in [-0.3, -0.25) is 0 Å². The van der Waals surface area contributed by atoms with Crippen LogP contribution in [0.2, 0.25) is 5.02 Å². The number of ether oxygens (including phenoxy) is 1. The Kier molecular flexibility index (Phi) is 5.17. The van der Waals surface area contributed by atoms with Crippen molar-refractivity contribution in [3.63, 3.8) is 0 Å². The number of benzene rings is 2. The van der Waals surface area contributed by atoms with Gasteiger partial charge in [-0.05, 0) is 30.7 Å². The Balaban J connectivity index is 2.27. The third-order valence-electron chi connectivity index (χ3n) is 2.89. The average molecular weight is 308 g/mol. The van der Waals surface area contributed by atoms with Gasteiger partial charge in [-0.2, -0.15) is 0 Å². The van der Waals surface area contributed by atoms with Gasteiger partial charge in [0.2, 0.25) is 0 Å². The molecule has 0 aliphatic rings. The second kappa shape index (κ2) is 7.09. The molecule has 2 aromatic rings. The van der Waals surface area contributed by atoms with Gasteiger partial charge in [0.15, 0.2) is 6.04 Å². The van der Waals surface area contributed by atoms with Crippen LogP contribution in [0.3, 0.4) is 0 Å². The van der Waals surface area contributed by atoms with Crippen LogP contribution in [0.25, 0.3) is 0 Å². The summed E-state index contributed by atoms with van der Waals surface area (Å²) in [5.41, 5.74) is 1.31. The molecule has 0 aliphatic heterocycles. The summed E-state index contributed by atoms with van der Waals surface area (Å²) in [5, 5.41) is 3.02. The number of carbonyl (C=O) groups is 1. The zero-order valence-corrected chi connectivity index (χ0v) is 12.2. The molecule has 0 saturated carbocycles. The second-order valence-corrected chi connectivity index (χ2v) is 4.78. The van der Waals surface area contributed by atoms with E-state index >= 15 is 0 Å². The number of hydrogen-bond acceptors (Lipinski definition) is 3. The first-order chi connectivity index (χ1) is 10.1. The zero-order chi connectivity index (χ0) is 15.2. The van der Waals surface area contributed by atoms with Gasteiger partial charge in [-0.15, -0.1) is 0 Å². The summed E-state index contributed by atoms with van der Waals surface area (Å²) in [6.07, 6.45) is 0. The molecule has 21 heavy (non-hydrogen) atoms. The fourth-order valence-electron chi connectivity index (χ4n) is 1.90. The lowest BCUT2D eigenvalue weighted by atomic mass is 10.1. The Bertz CT molecular complexity index is 619. The number of carbonyl (C=O) groups excluding carboxylic acids is 1. The highest BCUT2D eigenvalue weighted by molar-refractivity contribution is 6.31. The van der Waals surface area contributed by atoms with Gasteiger partial charge < -0.3 is 10.1 Å². The highest BCUT2D eigenvalue weighted by Gasteiger charge is 2.21. The summed E-state index contributed by atoms with van der Waals surface area (Å²) in [5.74, 6) is -0.904. The van der Waals surface area contributed by atoms with E-state index in [0.29, 0.717) is 5.69 Å². The molecule has 0 aliphatic carbocycles. The minimum absolute atomic E-state index is 0.00401. The van der Waals surface area contributed by atoms with Gasteiger partial charge >= 0.3 is 5.97 Å². The highest BCUT2D eigenvalue weighted by Crippen LogP contribution is 2.24. The molecule has 5 heteroatoms. The molecule has 2 rings (SSSR count). The summed E-state index contributed by atoms with van der Waals surface area (Å²) < 4.78 is 18.3. The fourth-order valence-corrected chi connectivity index (χ4v) is 2.08. The third kappa shape index (κ3) is 3.95. The van der Waals surface area contributed by atoms with Gasteiger partial charge in [0, 0.05) is 5.69 Å². The van der Waals surface area contributed by atoms with Crippen molar-refractivity contribution in [1.29, 1.82) is 0 Å². The average Bonchev–Trinajstić information content (AvgIpc) is 2.49. The molecule has 1 atom stereocenters. The Labute approximate surface area is 127 Å². The van der Waals surface area contributed by atoms with Crippen LogP contribution in [0.5, 0.6) is 0 Å². The lowest BCUT2D eigenvalue weighted by Crippen LogP contribution is -2.23. The molecule has 0 amide bonds. The van der Waals surface area contributed by atoms with Gasteiger partial charge in [0.05, 0.1) is 11.6 Å². The van der Waals surface area contributed by atoms with Gasteiger partial charge in [0.1, 0.15) is 5.82 Å². The third-order valence-corrected chi connectivity index (χ3v) is 3.18. The fraction of sp³-hybridized carbons (Fsp3) is 0.188. The molecule has 0 fully saturated rings. The van der Waals surface area contributed by atoms with Crippen molar-refractivity contribution in [3.8, 4) is 0 Å². The van der Waals surface area contributed by atoms with Crippen molar-refractivity contribution >= 4 is 23.3 Å². The van der Waals surface area contributed by atoms with E-state index in [0.717, 1.165) is 5.56 Å². The number of rotatable bonds is 5. The van der Waals surface area contributed by atoms with Crippen LogP contribution in [0.1, 0.15) is 18.5 Å². The van der Waals surface area contributed by atoms with Crippen molar-refractivity contribution in [3.05, 3.63) is 64.9 Å². The molecule has 0 heterocycles. The summed E-state index contributed by atoms with van der Waals surface area (Å²) in [6, 6.07) is 12.7. The van der Waals surface area contributed by atoms with Crippen molar-refractivity contribution < 1.29 is 13.9 Å². The zero-order valence-electron chi connectivity index (χ0n) is 11.5. The van der Waals surface area contributed by atoms with Gasteiger partial charge in [-0.25, -0.2) is 9.18 Å². The van der Waals surface area contributed by atoms with Crippen LogP contribution in [0.4, 0.5) is 10.1 Å². The van der Waals surface area contributed by atoms with E-state index < -0.39 is 17.8 Å². The van der Waals surface area contributed by atoms with Crippen LogP contribution in [0, 0.1) is 5.82 Å². The summed E-state index contributed by atoms with van der Waals surface area (Å²) in [6.45, 7) is 2.03. The molecule has 3 nitrogen and oxygen atoms in total. The smallest absolute Gasteiger partial charge is 0.333 e. The van der Waals surface area contributed by atoms with Crippen LogP contribution in [0.15, 0.2) is 48.5 Å². The van der Waals surface area contributed by atoms with Crippen LogP contribution < -0.4 is 5.32 Å². The summed E-state index contributed by atoms with van der Waals surface area (Å²) >= 11 is 5.75. The summed E-state index contributed by atoms with van der Waals surface area (Å²) in [4.78, 5) is 12.1. The van der Waals surface area contributed by atoms with E-state index in [1.54, 1.807) is 6.92 Å². The SMILES string of the molecule is CCOC(=O)C(Nc1ccc(F)c(Cl)c1)c1ccccc1. The normalized spacial score (nSPS) is 11.8. The standard InChI is InChI=1S/C16H15ClFNO2/c1-2-21-16(20)15(11-6-4-3-5-7-11)19-12-8-9-14(18)13(17)10-12/h3-10,15,19H,2H2,1H3. The van der Waals surface area contributed by atoms with E-state index in [-0.39, 0.29) is 11.6 Å². The minimum Gasteiger partial charge on any atom is -0.464 e. The highest BCUT2D eigenvalue weighted by atomic mass is 35.5. The predicted octanol–water partition coefficient (Wildman–Crippen LogP) is 4.20. The molecular formula is C16H15ClFNO2.